The first kappa shape index (κ1) is 18.0. The van der Waals surface area contributed by atoms with Gasteiger partial charge in [0.2, 0.25) is 15.9 Å². The van der Waals surface area contributed by atoms with E-state index in [9.17, 15) is 13.2 Å². The van der Waals surface area contributed by atoms with Gasteiger partial charge < -0.3 is 14.8 Å². The van der Waals surface area contributed by atoms with Crippen LogP contribution in [0.2, 0.25) is 5.02 Å². The van der Waals surface area contributed by atoms with Crippen LogP contribution in [0.1, 0.15) is 12.8 Å². The molecule has 1 aromatic carbocycles. The van der Waals surface area contributed by atoms with Crippen molar-refractivity contribution in [2.24, 2.45) is 0 Å². The molecule has 23 heavy (non-hydrogen) atoms. The number of carbonyl (C=O) groups excluding carboxylic acids is 1. The van der Waals surface area contributed by atoms with Gasteiger partial charge in [0.25, 0.3) is 0 Å². The molecule has 2 N–H and O–H groups in total. The molecule has 1 atom stereocenters. The number of benzene rings is 1. The Morgan fingerprint density at radius 1 is 1.48 bits per heavy atom. The summed E-state index contributed by atoms with van der Waals surface area (Å²) in [7, 11) is -2.55. The molecule has 1 aliphatic rings. The van der Waals surface area contributed by atoms with E-state index in [0.29, 0.717) is 13.2 Å². The van der Waals surface area contributed by atoms with Crippen LogP contribution < -0.4 is 14.8 Å². The second-order valence-electron chi connectivity index (χ2n) is 5.06. The summed E-state index contributed by atoms with van der Waals surface area (Å²) >= 11 is 5.82. The number of hydrogen-bond donors (Lipinski definition) is 2. The average molecular weight is 363 g/mol. The van der Waals surface area contributed by atoms with Crippen molar-refractivity contribution >= 4 is 27.5 Å². The Labute approximate surface area is 140 Å². The van der Waals surface area contributed by atoms with E-state index in [4.69, 9.17) is 21.1 Å². The third kappa shape index (κ3) is 5.07. The van der Waals surface area contributed by atoms with E-state index in [-0.39, 0.29) is 28.3 Å². The highest BCUT2D eigenvalue weighted by Gasteiger charge is 2.21. The van der Waals surface area contributed by atoms with E-state index in [2.05, 4.69) is 10.0 Å². The molecule has 1 aromatic rings. The fourth-order valence-corrected chi connectivity index (χ4v) is 3.61. The number of sulfonamides is 1. The number of carbonyl (C=O) groups is 1. The smallest absolute Gasteiger partial charge is 0.244 e. The molecule has 9 heteroatoms. The van der Waals surface area contributed by atoms with Gasteiger partial charge in [-0.25, -0.2) is 13.1 Å². The predicted octanol–water partition coefficient (Wildman–Crippen LogP) is 0.922. The number of halogens is 1. The number of ether oxygens (including phenoxy) is 2. The fraction of sp³-hybridized carbons (Fsp3) is 0.500. The summed E-state index contributed by atoms with van der Waals surface area (Å²) in [5.74, 6) is -0.272. The molecule has 2 rings (SSSR count). The average Bonchev–Trinajstić information content (AvgIpc) is 3.04. The van der Waals surface area contributed by atoms with Crippen LogP contribution in [0.25, 0.3) is 0 Å². The van der Waals surface area contributed by atoms with Gasteiger partial charge in [0, 0.05) is 18.2 Å². The molecule has 7 nitrogen and oxygen atoms in total. The standard InChI is InChI=1S/C14H19ClN2O5S/c1-21-12-5-4-10(15)7-13(12)23(19,20)17-9-14(18)16-8-11-3-2-6-22-11/h4-5,7,11,17H,2-3,6,8-9H2,1H3,(H,16,18). The molecule has 0 aromatic heterocycles. The fourth-order valence-electron chi connectivity index (χ4n) is 2.19. The van der Waals surface area contributed by atoms with Crippen LogP contribution in [-0.2, 0) is 19.6 Å². The van der Waals surface area contributed by atoms with Gasteiger partial charge in [-0.3, -0.25) is 4.79 Å². The van der Waals surface area contributed by atoms with Crippen molar-refractivity contribution in [2.75, 3.05) is 26.8 Å². The highest BCUT2D eigenvalue weighted by atomic mass is 35.5. The van der Waals surface area contributed by atoms with Crippen molar-refractivity contribution in [1.82, 2.24) is 10.0 Å². The first-order chi connectivity index (χ1) is 10.9. The topological polar surface area (TPSA) is 93.7 Å². The van der Waals surface area contributed by atoms with Crippen molar-refractivity contribution in [2.45, 2.75) is 23.8 Å². The number of amides is 1. The lowest BCUT2D eigenvalue weighted by Crippen LogP contribution is -2.39. The molecule has 0 aliphatic carbocycles. The molecule has 1 heterocycles. The van der Waals surface area contributed by atoms with Crippen LogP contribution in [0.3, 0.4) is 0 Å². The van der Waals surface area contributed by atoms with Gasteiger partial charge in [-0.2, -0.15) is 0 Å². The SMILES string of the molecule is COc1ccc(Cl)cc1S(=O)(=O)NCC(=O)NCC1CCCO1. The van der Waals surface area contributed by atoms with E-state index < -0.39 is 15.9 Å². The Morgan fingerprint density at radius 2 is 2.26 bits per heavy atom. The van der Waals surface area contributed by atoms with Gasteiger partial charge in [-0.05, 0) is 31.0 Å². The quantitative estimate of drug-likeness (QED) is 0.752. The minimum absolute atomic E-state index is 0.00332. The van der Waals surface area contributed by atoms with Crippen LogP contribution >= 0.6 is 11.6 Å². The van der Waals surface area contributed by atoms with Crippen molar-refractivity contribution in [1.29, 1.82) is 0 Å². The van der Waals surface area contributed by atoms with Crippen molar-refractivity contribution in [3.63, 3.8) is 0 Å². The normalized spacial score (nSPS) is 17.9. The first-order valence-corrected chi connectivity index (χ1v) is 9.00. The third-order valence-electron chi connectivity index (χ3n) is 3.39. The van der Waals surface area contributed by atoms with E-state index in [1.807, 2.05) is 0 Å². The Bertz CT molecular complexity index is 659. The summed E-state index contributed by atoms with van der Waals surface area (Å²) in [4.78, 5) is 11.6. The zero-order chi connectivity index (χ0) is 16.9. The second kappa shape index (κ2) is 7.96. The minimum atomic E-state index is -3.91. The zero-order valence-corrected chi connectivity index (χ0v) is 14.2. The second-order valence-corrected chi connectivity index (χ2v) is 7.23. The number of methoxy groups -OCH3 is 1. The number of nitrogens with one attached hydrogen (secondary N) is 2. The molecule has 0 bridgehead atoms. The molecular weight excluding hydrogens is 344 g/mol. The van der Waals surface area contributed by atoms with Crippen LogP contribution in [-0.4, -0.2) is 47.2 Å². The van der Waals surface area contributed by atoms with Gasteiger partial charge in [0.05, 0.1) is 19.8 Å². The van der Waals surface area contributed by atoms with Gasteiger partial charge in [-0.1, -0.05) is 11.6 Å². The highest BCUT2D eigenvalue weighted by Crippen LogP contribution is 2.26. The van der Waals surface area contributed by atoms with Gasteiger partial charge >= 0.3 is 0 Å². The van der Waals surface area contributed by atoms with E-state index in [1.54, 1.807) is 0 Å². The predicted molar refractivity (Wildman–Crippen MR) is 85.2 cm³/mol. The minimum Gasteiger partial charge on any atom is -0.495 e. The van der Waals surface area contributed by atoms with Crippen LogP contribution in [0, 0.1) is 0 Å². The summed E-state index contributed by atoms with van der Waals surface area (Å²) in [6, 6.07) is 4.25. The third-order valence-corrected chi connectivity index (χ3v) is 5.05. The Balaban J connectivity index is 1.93. The summed E-state index contributed by atoms with van der Waals surface area (Å²) in [6.07, 6.45) is 1.87. The summed E-state index contributed by atoms with van der Waals surface area (Å²) in [6.45, 7) is 0.702. The molecule has 1 unspecified atom stereocenters. The van der Waals surface area contributed by atoms with Gasteiger partial charge in [0.15, 0.2) is 0 Å². The van der Waals surface area contributed by atoms with Crippen LogP contribution in [0.4, 0.5) is 0 Å². The number of hydrogen-bond acceptors (Lipinski definition) is 5. The van der Waals surface area contributed by atoms with E-state index >= 15 is 0 Å². The lowest BCUT2D eigenvalue weighted by molar-refractivity contribution is -0.120. The van der Waals surface area contributed by atoms with Crippen molar-refractivity contribution in [3.8, 4) is 5.75 Å². The molecule has 1 fully saturated rings. The van der Waals surface area contributed by atoms with Gasteiger partial charge in [-0.15, -0.1) is 0 Å². The molecule has 1 saturated heterocycles. The van der Waals surface area contributed by atoms with Gasteiger partial charge in [0.1, 0.15) is 10.6 Å². The zero-order valence-electron chi connectivity index (χ0n) is 12.7. The number of rotatable bonds is 7. The van der Waals surface area contributed by atoms with E-state index in [1.165, 1.54) is 25.3 Å². The molecule has 1 amide bonds. The first-order valence-electron chi connectivity index (χ1n) is 7.14. The van der Waals surface area contributed by atoms with Crippen molar-refractivity contribution < 1.29 is 22.7 Å². The van der Waals surface area contributed by atoms with Crippen LogP contribution in [0.5, 0.6) is 5.75 Å². The highest BCUT2D eigenvalue weighted by molar-refractivity contribution is 7.89. The maximum atomic E-state index is 12.3. The summed E-state index contributed by atoms with van der Waals surface area (Å²) in [5, 5.41) is 2.90. The molecule has 128 valence electrons. The molecule has 0 radical (unpaired) electrons. The van der Waals surface area contributed by atoms with Crippen LogP contribution in [0.15, 0.2) is 23.1 Å². The maximum absolute atomic E-state index is 12.3. The molecule has 1 aliphatic heterocycles. The summed E-state index contributed by atoms with van der Waals surface area (Å²) < 4.78 is 37.2. The molecule has 0 saturated carbocycles. The molecule has 0 spiro atoms. The Hall–Kier alpha value is -1.35. The largest absolute Gasteiger partial charge is 0.495 e. The lowest BCUT2D eigenvalue weighted by Gasteiger charge is -2.13. The molecular formula is C14H19ClN2O5S. The maximum Gasteiger partial charge on any atom is 0.244 e. The monoisotopic (exact) mass is 362 g/mol. The lowest BCUT2D eigenvalue weighted by atomic mass is 10.2. The Morgan fingerprint density at radius 3 is 2.91 bits per heavy atom. The van der Waals surface area contributed by atoms with E-state index in [0.717, 1.165) is 12.8 Å². The summed E-state index contributed by atoms with van der Waals surface area (Å²) in [5.41, 5.74) is 0. The van der Waals surface area contributed by atoms with Crippen molar-refractivity contribution in [3.05, 3.63) is 23.2 Å². The Kier molecular flexibility index (Phi) is 6.23.